The van der Waals surface area contributed by atoms with E-state index in [1.165, 1.54) is 11.1 Å². The maximum absolute atomic E-state index is 11.5. The van der Waals surface area contributed by atoms with E-state index in [4.69, 9.17) is 5.73 Å². The standard InChI is InChI=1S/C14H20N2O/c1-10(15)13(17)16-9-14(2)7-11-5-3-4-6-12(11)8-14/h3-6,10H,7-9,15H2,1-2H3,(H,16,17)/t10-/m1/s1. The summed E-state index contributed by atoms with van der Waals surface area (Å²) >= 11 is 0. The molecule has 1 aliphatic carbocycles. The SMILES string of the molecule is C[C@@H](N)C(=O)NCC1(C)Cc2ccccc2C1. The third kappa shape index (κ3) is 2.67. The minimum Gasteiger partial charge on any atom is -0.354 e. The van der Waals surface area contributed by atoms with Crippen molar-refractivity contribution in [1.82, 2.24) is 5.32 Å². The zero-order chi connectivity index (χ0) is 12.5. The molecule has 1 aromatic carbocycles. The van der Waals surface area contributed by atoms with E-state index < -0.39 is 6.04 Å². The van der Waals surface area contributed by atoms with Gasteiger partial charge >= 0.3 is 0 Å². The number of rotatable bonds is 3. The summed E-state index contributed by atoms with van der Waals surface area (Å²) in [6.07, 6.45) is 2.06. The highest BCUT2D eigenvalue weighted by Crippen LogP contribution is 2.35. The van der Waals surface area contributed by atoms with Crippen LogP contribution in [0.15, 0.2) is 24.3 Å². The van der Waals surface area contributed by atoms with Crippen molar-refractivity contribution in [3.05, 3.63) is 35.4 Å². The van der Waals surface area contributed by atoms with Crippen LogP contribution in [-0.2, 0) is 17.6 Å². The van der Waals surface area contributed by atoms with Crippen LogP contribution in [0, 0.1) is 5.41 Å². The van der Waals surface area contributed by atoms with Crippen LogP contribution in [0.3, 0.4) is 0 Å². The molecular formula is C14H20N2O. The predicted molar refractivity (Wildman–Crippen MR) is 68.6 cm³/mol. The summed E-state index contributed by atoms with van der Waals surface area (Å²) in [5, 5.41) is 2.94. The van der Waals surface area contributed by atoms with E-state index in [9.17, 15) is 4.79 Å². The molecule has 0 saturated carbocycles. The number of hydrogen-bond donors (Lipinski definition) is 2. The summed E-state index contributed by atoms with van der Waals surface area (Å²) in [6.45, 7) is 4.62. The molecular weight excluding hydrogens is 212 g/mol. The van der Waals surface area contributed by atoms with Crippen molar-refractivity contribution >= 4 is 5.91 Å². The lowest BCUT2D eigenvalue weighted by Gasteiger charge is -2.24. The Kier molecular flexibility index (Phi) is 3.20. The Morgan fingerprint density at radius 1 is 1.41 bits per heavy atom. The largest absolute Gasteiger partial charge is 0.354 e. The lowest BCUT2D eigenvalue weighted by Crippen LogP contribution is -2.43. The van der Waals surface area contributed by atoms with Crippen molar-refractivity contribution in [1.29, 1.82) is 0 Å². The second-order valence-electron chi connectivity index (χ2n) is 5.44. The average Bonchev–Trinajstić information content (AvgIpc) is 2.62. The van der Waals surface area contributed by atoms with Gasteiger partial charge in [0.25, 0.3) is 0 Å². The number of fused-ring (bicyclic) bond motifs is 1. The second kappa shape index (κ2) is 4.49. The topological polar surface area (TPSA) is 55.1 Å². The molecule has 0 radical (unpaired) electrons. The van der Waals surface area contributed by atoms with Gasteiger partial charge in [-0.05, 0) is 36.3 Å². The van der Waals surface area contributed by atoms with E-state index in [1.54, 1.807) is 6.92 Å². The maximum Gasteiger partial charge on any atom is 0.236 e. The smallest absolute Gasteiger partial charge is 0.236 e. The Balaban J connectivity index is 1.98. The lowest BCUT2D eigenvalue weighted by atomic mass is 9.87. The van der Waals surface area contributed by atoms with Crippen molar-refractivity contribution in [3.63, 3.8) is 0 Å². The molecule has 92 valence electrons. The van der Waals surface area contributed by atoms with E-state index in [0.717, 1.165) is 12.8 Å². The molecule has 0 aliphatic heterocycles. The van der Waals surface area contributed by atoms with E-state index >= 15 is 0 Å². The maximum atomic E-state index is 11.5. The molecule has 17 heavy (non-hydrogen) atoms. The van der Waals surface area contributed by atoms with Crippen molar-refractivity contribution in [2.75, 3.05) is 6.54 Å². The van der Waals surface area contributed by atoms with Gasteiger partial charge in [-0.15, -0.1) is 0 Å². The first kappa shape index (κ1) is 12.1. The molecule has 1 aromatic rings. The van der Waals surface area contributed by atoms with E-state index in [-0.39, 0.29) is 11.3 Å². The van der Waals surface area contributed by atoms with Crippen molar-refractivity contribution in [2.45, 2.75) is 32.7 Å². The van der Waals surface area contributed by atoms with Gasteiger partial charge in [-0.25, -0.2) is 0 Å². The van der Waals surface area contributed by atoms with Crippen LogP contribution < -0.4 is 11.1 Å². The zero-order valence-corrected chi connectivity index (χ0v) is 10.5. The van der Waals surface area contributed by atoms with Crippen LogP contribution in [-0.4, -0.2) is 18.5 Å². The molecule has 1 amide bonds. The van der Waals surface area contributed by atoms with Gasteiger partial charge in [0.05, 0.1) is 6.04 Å². The Morgan fingerprint density at radius 3 is 2.41 bits per heavy atom. The number of hydrogen-bond acceptors (Lipinski definition) is 2. The molecule has 0 heterocycles. The number of amides is 1. The van der Waals surface area contributed by atoms with E-state index in [0.29, 0.717) is 6.54 Å². The van der Waals surface area contributed by atoms with Gasteiger partial charge in [-0.2, -0.15) is 0 Å². The van der Waals surface area contributed by atoms with Crippen LogP contribution in [0.4, 0.5) is 0 Å². The van der Waals surface area contributed by atoms with Crippen LogP contribution in [0.1, 0.15) is 25.0 Å². The molecule has 0 aromatic heterocycles. The number of carbonyl (C=O) groups is 1. The molecule has 0 spiro atoms. The first-order chi connectivity index (χ1) is 8.00. The summed E-state index contributed by atoms with van der Waals surface area (Å²) in [5.74, 6) is -0.0674. The summed E-state index contributed by atoms with van der Waals surface area (Å²) in [7, 11) is 0. The molecule has 0 saturated heterocycles. The van der Waals surface area contributed by atoms with E-state index in [1.807, 2.05) is 0 Å². The molecule has 0 unspecified atom stereocenters. The number of nitrogens with two attached hydrogens (primary N) is 1. The van der Waals surface area contributed by atoms with Gasteiger partial charge in [0, 0.05) is 6.54 Å². The lowest BCUT2D eigenvalue weighted by molar-refractivity contribution is -0.122. The molecule has 1 atom stereocenters. The molecule has 3 N–H and O–H groups in total. The highest BCUT2D eigenvalue weighted by atomic mass is 16.2. The molecule has 1 aliphatic rings. The Labute approximate surface area is 102 Å². The summed E-state index contributed by atoms with van der Waals surface area (Å²) < 4.78 is 0. The third-order valence-electron chi connectivity index (χ3n) is 3.46. The number of nitrogens with one attached hydrogen (secondary N) is 1. The Hall–Kier alpha value is -1.35. The van der Waals surface area contributed by atoms with Gasteiger partial charge in [-0.1, -0.05) is 31.2 Å². The Bertz CT molecular complexity index is 401. The Morgan fingerprint density at radius 2 is 1.94 bits per heavy atom. The van der Waals surface area contributed by atoms with E-state index in [2.05, 4.69) is 36.5 Å². The van der Waals surface area contributed by atoms with Crippen LogP contribution >= 0.6 is 0 Å². The number of carbonyl (C=O) groups excluding carboxylic acids is 1. The van der Waals surface area contributed by atoms with Crippen LogP contribution in [0.25, 0.3) is 0 Å². The molecule has 3 heteroatoms. The fraction of sp³-hybridized carbons (Fsp3) is 0.500. The third-order valence-corrected chi connectivity index (χ3v) is 3.46. The summed E-state index contributed by atoms with van der Waals surface area (Å²) in [5.41, 5.74) is 8.48. The highest BCUT2D eigenvalue weighted by Gasteiger charge is 2.32. The average molecular weight is 232 g/mol. The van der Waals surface area contributed by atoms with Crippen LogP contribution in [0.5, 0.6) is 0 Å². The summed E-state index contributed by atoms with van der Waals surface area (Å²) in [4.78, 5) is 11.5. The number of benzene rings is 1. The van der Waals surface area contributed by atoms with Gasteiger partial charge < -0.3 is 11.1 Å². The molecule has 3 nitrogen and oxygen atoms in total. The quantitative estimate of drug-likeness (QED) is 0.824. The van der Waals surface area contributed by atoms with Gasteiger partial charge in [0.1, 0.15) is 0 Å². The van der Waals surface area contributed by atoms with Crippen molar-refractivity contribution < 1.29 is 4.79 Å². The van der Waals surface area contributed by atoms with Gasteiger partial charge in [0.2, 0.25) is 5.91 Å². The fourth-order valence-corrected chi connectivity index (χ4v) is 2.47. The van der Waals surface area contributed by atoms with Crippen molar-refractivity contribution in [3.8, 4) is 0 Å². The second-order valence-corrected chi connectivity index (χ2v) is 5.44. The van der Waals surface area contributed by atoms with Crippen LogP contribution in [0.2, 0.25) is 0 Å². The minimum atomic E-state index is -0.428. The highest BCUT2D eigenvalue weighted by molar-refractivity contribution is 5.81. The zero-order valence-electron chi connectivity index (χ0n) is 10.5. The van der Waals surface area contributed by atoms with Gasteiger partial charge in [-0.3, -0.25) is 4.79 Å². The van der Waals surface area contributed by atoms with Gasteiger partial charge in [0.15, 0.2) is 0 Å². The predicted octanol–water partition coefficient (Wildman–Crippen LogP) is 1.25. The first-order valence-corrected chi connectivity index (χ1v) is 6.10. The monoisotopic (exact) mass is 232 g/mol. The molecule has 2 rings (SSSR count). The molecule has 0 fully saturated rings. The molecule has 0 bridgehead atoms. The van der Waals surface area contributed by atoms with Crippen molar-refractivity contribution in [2.24, 2.45) is 11.1 Å². The summed E-state index contributed by atoms with van der Waals surface area (Å²) in [6, 6.07) is 8.07. The first-order valence-electron chi connectivity index (χ1n) is 6.10. The minimum absolute atomic E-state index is 0.0674. The normalized spacial score (nSPS) is 18.5. The fourth-order valence-electron chi connectivity index (χ4n) is 2.47.